The summed E-state index contributed by atoms with van der Waals surface area (Å²) in [6.45, 7) is 1.32. The van der Waals surface area contributed by atoms with Gasteiger partial charge in [-0.1, -0.05) is 12.1 Å². The number of carbonyl (C=O) groups is 1. The van der Waals surface area contributed by atoms with Gasteiger partial charge in [-0.2, -0.15) is 13.2 Å². The maximum Gasteiger partial charge on any atom is 0.396 e. The highest BCUT2D eigenvalue weighted by atomic mass is 19.4. The molecule has 0 heterocycles. The molecule has 94 valence electrons. The number of carboxylic acid groups (broad SMARTS) is 1. The third-order valence-corrected chi connectivity index (χ3v) is 2.39. The van der Waals surface area contributed by atoms with Crippen molar-refractivity contribution in [2.45, 2.75) is 25.4 Å². The van der Waals surface area contributed by atoms with Crippen molar-refractivity contribution in [3.05, 3.63) is 35.1 Å². The minimum atomic E-state index is -4.79. The van der Waals surface area contributed by atoms with E-state index in [-0.39, 0.29) is 5.56 Å². The number of carboxylic acids is 1. The number of hydrogen-bond acceptors (Lipinski definition) is 1. The normalized spacial score (nSPS) is 13.5. The fourth-order valence-electron chi connectivity index (χ4n) is 1.64. The molecule has 1 aromatic rings. The summed E-state index contributed by atoms with van der Waals surface area (Å²) < 4.78 is 51.5. The Balaban J connectivity index is 3.27. The molecule has 2 nitrogen and oxygen atoms in total. The molecule has 1 atom stereocenters. The maximum absolute atomic E-state index is 13.4. The highest BCUT2D eigenvalue weighted by molar-refractivity contribution is 5.68. The molecule has 0 aliphatic heterocycles. The Morgan fingerprint density at radius 3 is 2.41 bits per heavy atom. The van der Waals surface area contributed by atoms with Crippen molar-refractivity contribution in [1.82, 2.24) is 0 Å². The molecule has 0 amide bonds. The summed E-state index contributed by atoms with van der Waals surface area (Å²) in [5, 5.41) is 8.47. The summed E-state index contributed by atoms with van der Waals surface area (Å²) in [4.78, 5) is 10.4. The number of hydrogen-bond donors (Lipinski definition) is 1. The molecule has 1 rings (SSSR count). The average Bonchev–Trinajstić information content (AvgIpc) is 2.13. The molecule has 0 saturated carbocycles. The fourth-order valence-corrected chi connectivity index (χ4v) is 1.64. The van der Waals surface area contributed by atoms with Crippen molar-refractivity contribution in [2.24, 2.45) is 0 Å². The Labute approximate surface area is 94.9 Å². The first kappa shape index (κ1) is 13.5. The van der Waals surface area contributed by atoms with Gasteiger partial charge in [-0.25, -0.2) is 4.39 Å². The van der Waals surface area contributed by atoms with Gasteiger partial charge in [0.05, 0.1) is 12.3 Å². The first-order valence-electron chi connectivity index (χ1n) is 4.77. The van der Waals surface area contributed by atoms with Crippen molar-refractivity contribution in [3.8, 4) is 0 Å². The number of aryl methyl sites for hydroxylation is 1. The lowest BCUT2D eigenvalue weighted by molar-refractivity contribution is -0.163. The van der Waals surface area contributed by atoms with Crippen LogP contribution in [0.15, 0.2) is 18.2 Å². The molecular weight excluding hydrogens is 240 g/mol. The first-order chi connectivity index (χ1) is 7.73. The van der Waals surface area contributed by atoms with Crippen LogP contribution in [0.2, 0.25) is 0 Å². The van der Waals surface area contributed by atoms with Gasteiger partial charge in [-0.05, 0) is 18.6 Å². The van der Waals surface area contributed by atoms with Crippen LogP contribution in [-0.2, 0) is 4.79 Å². The van der Waals surface area contributed by atoms with Crippen molar-refractivity contribution >= 4 is 5.97 Å². The second-order valence-electron chi connectivity index (χ2n) is 3.66. The molecule has 6 heteroatoms. The number of alkyl halides is 3. The zero-order chi connectivity index (χ0) is 13.2. The summed E-state index contributed by atoms with van der Waals surface area (Å²) in [6, 6.07) is 3.49. The highest BCUT2D eigenvalue weighted by Gasteiger charge is 2.43. The molecule has 17 heavy (non-hydrogen) atoms. The van der Waals surface area contributed by atoms with Gasteiger partial charge in [0.15, 0.2) is 0 Å². The Bertz CT molecular complexity index is 406. The Kier molecular flexibility index (Phi) is 3.75. The van der Waals surface area contributed by atoms with Gasteiger partial charge in [-0.3, -0.25) is 4.79 Å². The topological polar surface area (TPSA) is 37.3 Å². The lowest BCUT2D eigenvalue weighted by Crippen LogP contribution is -2.25. The molecule has 0 aliphatic carbocycles. The smallest absolute Gasteiger partial charge is 0.396 e. The highest BCUT2D eigenvalue weighted by Crippen LogP contribution is 2.39. The molecule has 1 N–H and O–H groups in total. The Hall–Kier alpha value is -1.59. The van der Waals surface area contributed by atoms with E-state index in [9.17, 15) is 22.4 Å². The Morgan fingerprint density at radius 1 is 1.41 bits per heavy atom. The lowest BCUT2D eigenvalue weighted by Gasteiger charge is -2.21. The van der Waals surface area contributed by atoms with Gasteiger partial charge in [0.25, 0.3) is 0 Å². The van der Waals surface area contributed by atoms with E-state index in [2.05, 4.69) is 0 Å². The second kappa shape index (κ2) is 4.73. The lowest BCUT2D eigenvalue weighted by atomic mass is 9.91. The van der Waals surface area contributed by atoms with Crippen LogP contribution in [0.25, 0.3) is 0 Å². The van der Waals surface area contributed by atoms with Gasteiger partial charge < -0.3 is 5.11 Å². The monoisotopic (exact) mass is 250 g/mol. The summed E-state index contributed by atoms with van der Waals surface area (Å²) in [5.41, 5.74) is -0.504. The number of benzene rings is 1. The standard InChI is InChI=1S/C11H10F4O2/c1-6-3-2-4-8(12)10(6)7(5-9(16)17)11(13,14)15/h2-4,7H,5H2,1H3,(H,16,17). The molecule has 1 aromatic carbocycles. The van der Waals surface area contributed by atoms with E-state index >= 15 is 0 Å². The van der Waals surface area contributed by atoms with Crippen LogP contribution >= 0.6 is 0 Å². The molecule has 1 unspecified atom stereocenters. The van der Waals surface area contributed by atoms with Crippen LogP contribution in [-0.4, -0.2) is 17.3 Å². The molecule has 0 aromatic heterocycles. The van der Waals surface area contributed by atoms with Crippen molar-refractivity contribution in [1.29, 1.82) is 0 Å². The number of halogens is 4. The number of aliphatic carboxylic acids is 1. The predicted octanol–water partition coefficient (Wildman–Crippen LogP) is 3.25. The van der Waals surface area contributed by atoms with Gasteiger partial charge in [0.2, 0.25) is 0 Å². The SMILES string of the molecule is Cc1cccc(F)c1C(CC(=O)O)C(F)(F)F. The van der Waals surface area contributed by atoms with E-state index in [0.717, 1.165) is 6.07 Å². The minimum absolute atomic E-state index is 0.0913. The van der Waals surface area contributed by atoms with Crippen LogP contribution in [0.3, 0.4) is 0 Å². The quantitative estimate of drug-likeness (QED) is 0.836. The Morgan fingerprint density at radius 2 is 2.00 bits per heavy atom. The molecule has 0 radical (unpaired) electrons. The second-order valence-corrected chi connectivity index (χ2v) is 3.66. The van der Waals surface area contributed by atoms with Gasteiger partial charge in [-0.15, -0.1) is 0 Å². The van der Waals surface area contributed by atoms with E-state index in [1.54, 1.807) is 0 Å². The van der Waals surface area contributed by atoms with Gasteiger partial charge in [0.1, 0.15) is 5.82 Å². The molecule has 0 aliphatic rings. The van der Waals surface area contributed by atoms with Crippen molar-refractivity contribution < 1.29 is 27.5 Å². The van der Waals surface area contributed by atoms with Crippen LogP contribution < -0.4 is 0 Å². The van der Waals surface area contributed by atoms with E-state index in [0.29, 0.717) is 0 Å². The van der Waals surface area contributed by atoms with E-state index in [1.165, 1.54) is 19.1 Å². The van der Waals surface area contributed by atoms with Crippen LogP contribution in [0.5, 0.6) is 0 Å². The summed E-state index contributed by atoms with van der Waals surface area (Å²) in [6.07, 6.45) is -5.96. The van der Waals surface area contributed by atoms with E-state index in [1.807, 2.05) is 0 Å². The number of rotatable bonds is 3. The molecule has 0 bridgehead atoms. The van der Waals surface area contributed by atoms with Crippen molar-refractivity contribution in [3.63, 3.8) is 0 Å². The summed E-state index contributed by atoms with van der Waals surface area (Å²) in [5.74, 6) is -4.97. The predicted molar refractivity (Wildman–Crippen MR) is 52.2 cm³/mol. The van der Waals surface area contributed by atoms with Crippen molar-refractivity contribution in [2.75, 3.05) is 0 Å². The molecule has 0 saturated heterocycles. The van der Waals surface area contributed by atoms with Crippen LogP contribution in [0, 0.1) is 12.7 Å². The molecule has 0 fully saturated rings. The largest absolute Gasteiger partial charge is 0.481 e. The van der Waals surface area contributed by atoms with E-state index in [4.69, 9.17) is 5.11 Å². The first-order valence-corrected chi connectivity index (χ1v) is 4.77. The minimum Gasteiger partial charge on any atom is -0.481 e. The van der Waals surface area contributed by atoms with Gasteiger partial charge >= 0.3 is 12.1 Å². The third-order valence-electron chi connectivity index (χ3n) is 2.39. The summed E-state index contributed by atoms with van der Waals surface area (Å²) >= 11 is 0. The third kappa shape index (κ3) is 3.18. The van der Waals surface area contributed by atoms with Crippen LogP contribution in [0.4, 0.5) is 17.6 Å². The molecular formula is C11H10F4O2. The maximum atomic E-state index is 13.4. The van der Waals surface area contributed by atoms with Crippen LogP contribution in [0.1, 0.15) is 23.5 Å². The zero-order valence-corrected chi connectivity index (χ0v) is 8.88. The molecule has 0 spiro atoms. The van der Waals surface area contributed by atoms with E-state index < -0.39 is 35.9 Å². The summed E-state index contributed by atoms with van der Waals surface area (Å²) in [7, 11) is 0. The fraction of sp³-hybridized carbons (Fsp3) is 0.364. The zero-order valence-electron chi connectivity index (χ0n) is 8.88. The average molecular weight is 250 g/mol. The van der Waals surface area contributed by atoms with Gasteiger partial charge in [0, 0.05) is 5.56 Å².